The zero-order valence-corrected chi connectivity index (χ0v) is 22.8. The van der Waals surface area contributed by atoms with Crippen LogP contribution in [0.3, 0.4) is 0 Å². The number of piperazine rings is 1. The highest BCUT2D eigenvalue weighted by Crippen LogP contribution is 2.25. The second-order valence-electron chi connectivity index (χ2n) is 10.6. The molecule has 6 nitrogen and oxygen atoms in total. The van der Waals surface area contributed by atoms with Gasteiger partial charge in [0, 0.05) is 58.0 Å². The van der Waals surface area contributed by atoms with Gasteiger partial charge in [-0.05, 0) is 52.9 Å². The Bertz CT molecular complexity index is 1590. The molecule has 3 aromatic carbocycles. The minimum atomic E-state index is 0.225. The summed E-state index contributed by atoms with van der Waals surface area (Å²) in [6.07, 6.45) is 6.56. The van der Waals surface area contributed by atoms with E-state index in [9.17, 15) is 4.79 Å². The molecule has 40 heavy (non-hydrogen) atoms. The highest BCUT2D eigenvalue weighted by Gasteiger charge is 2.19. The SMILES string of the molecule is Cc1ccc(CC(=O)Cc2ccc(-c3ccc4ncc(N5CCN(Cc6cccnc6)CC5)nc4c3)cc2)cc1. The Morgan fingerprint density at radius 1 is 0.750 bits per heavy atom. The summed E-state index contributed by atoms with van der Waals surface area (Å²) in [6, 6.07) is 26.8. The van der Waals surface area contributed by atoms with Crippen LogP contribution in [0.15, 0.2) is 97.5 Å². The Morgan fingerprint density at radius 3 is 2.15 bits per heavy atom. The summed E-state index contributed by atoms with van der Waals surface area (Å²) in [5, 5.41) is 0. The van der Waals surface area contributed by atoms with Crippen molar-refractivity contribution in [3.05, 3.63) is 120 Å². The monoisotopic (exact) mass is 527 g/mol. The van der Waals surface area contributed by atoms with E-state index in [0.717, 1.165) is 71.8 Å². The van der Waals surface area contributed by atoms with E-state index in [1.165, 1.54) is 11.1 Å². The fraction of sp³-hybridized carbons (Fsp3) is 0.235. The molecule has 0 saturated carbocycles. The standard InChI is InChI=1S/C34H33N5O/c1-25-4-6-26(7-5-25)19-31(40)20-27-8-10-29(11-9-27)30-12-13-32-33(21-30)37-34(23-36-32)39-17-15-38(16-18-39)24-28-3-2-14-35-22-28/h2-14,21-23H,15-20,24H2,1H3. The molecule has 0 N–H and O–H groups in total. The van der Waals surface area contributed by atoms with E-state index in [2.05, 4.69) is 76.3 Å². The first-order valence-corrected chi connectivity index (χ1v) is 13.9. The van der Waals surface area contributed by atoms with E-state index in [-0.39, 0.29) is 5.78 Å². The third-order valence-electron chi connectivity index (χ3n) is 7.57. The Labute approximate surface area is 235 Å². The lowest BCUT2D eigenvalue weighted by Crippen LogP contribution is -2.46. The molecule has 1 aliphatic rings. The van der Waals surface area contributed by atoms with Crippen LogP contribution in [0.5, 0.6) is 0 Å². The Morgan fingerprint density at radius 2 is 1.45 bits per heavy atom. The number of pyridine rings is 1. The van der Waals surface area contributed by atoms with Crippen LogP contribution in [-0.4, -0.2) is 51.8 Å². The van der Waals surface area contributed by atoms with Crippen LogP contribution in [0.1, 0.15) is 22.3 Å². The van der Waals surface area contributed by atoms with Gasteiger partial charge in [0.15, 0.2) is 0 Å². The van der Waals surface area contributed by atoms with Gasteiger partial charge in [0.2, 0.25) is 0 Å². The van der Waals surface area contributed by atoms with Gasteiger partial charge in [-0.25, -0.2) is 4.98 Å². The average molecular weight is 528 g/mol. The maximum absolute atomic E-state index is 12.6. The molecule has 1 aliphatic heterocycles. The highest BCUT2D eigenvalue weighted by molar-refractivity contribution is 5.84. The van der Waals surface area contributed by atoms with Crippen molar-refractivity contribution in [2.24, 2.45) is 0 Å². The van der Waals surface area contributed by atoms with Gasteiger partial charge in [-0.3, -0.25) is 19.7 Å². The maximum atomic E-state index is 12.6. The van der Waals surface area contributed by atoms with Crippen LogP contribution in [0.25, 0.3) is 22.2 Å². The fourth-order valence-corrected chi connectivity index (χ4v) is 5.26. The molecule has 5 aromatic rings. The molecule has 200 valence electrons. The summed E-state index contributed by atoms with van der Waals surface area (Å²) in [5.74, 6) is 1.15. The lowest BCUT2D eigenvalue weighted by atomic mass is 9.99. The zero-order chi connectivity index (χ0) is 27.3. The molecule has 2 aromatic heterocycles. The number of hydrogen-bond acceptors (Lipinski definition) is 6. The molecule has 1 saturated heterocycles. The Hall–Kier alpha value is -4.42. The topological polar surface area (TPSA) is 62.2 Å². The van der Waals surface area contributed by atoms with Gasteiger partial charge in [-0.2, -0.15) is 0 Å². The van der Waals surface area contributed by atoms with E-state index >= 15 is 0 Å². The lowest BCUT2D eigenvalue weighted by molar-refractivity contribution is -0.117. The number of aromatic nitrogens is 3. The van der Waals surface area contributed by atoms with Gasteiger partial charge in [0.25, 0.3) is 0 Å². The molecule has 0 radical (unpaired) electrons. The Kier molecular flexibility index (Phi) is 7.60. The third kappa shape index (κ3) is 6.24. The van der Waals surface area contributed by atoms with Crippen LogP contribution in [0, 0.1) is 6.92 Å². The minimum absolute atomic E-state index is 0.225. The van der Waals surface area contributed by atoms with Crippen molar-refractivity contribution in [2.45, 2.75) is 26.3 Å². The van der Waals surface area contributed by atoms with Gasteiger partial charge >= 0.3 is 0 Å². The predicted octanol–water partition coefficient (Wildman–Crippen LogP) is 5.68. The molecule has 0 atom stereocenters. The average Bonchev–Trinajstić information content (AvgIpc) is 2.99. The first kappa shape index (κ1) is 25.8. The summed E-state index contributed by atoms with van der Waals surface area (Å²) in [4.78, 5) is 31.3. The lowest BCUT2D eigenvalue weighted by Gasteiger charge is -2.35. The quantitative estimate of drug-likeness (QED) is 0.259. The van der Waals surface area contributed by atoms with Gasteiger partial charge in [0.05, 0.1) is 17.2 Å². The van der Waals surface area contributed by atoms with Gasteiger partial charge < -0.3 is 4.90 Å². The van der Waals surface area contributed by atoms with Gasteiger partial charge in [-0.15, -0.1) is 0 Å². The number of aryl methyl sites for hydroxylation is 1. The van der Waals surface area contributed by atoms with E-state index in [0.29, 0.717) is 12.8 Å². The van der Waals surface area contributed by atoms with Gasteiger partial charge in [0.1, 0.15) is 11.6 Å². The number of hydrogen-bond donors (Lipinski definition) is 0. The van der Waals surface area contributed by atoms with Crippen LogP contribution in [0.2, 0.25) is 0 Å². The number of nitrogens with zero attached hydrogens (tertiary/aromatic N) is 5. The van der Waals surface area contributed by atoms with Crippen molar-refractivity contribution in [3.8, 4) is 11.1 Å². The fourth-order valence-electron chi connectivity index (χ4n) is 5.26. The second-order valence-corrected chi connectivity index (χ2v) is 10.6. The second kappa shape index (κ2) is 11.8. The van der Waals surface area contributed by atoms with Gasteiger partial charge in [-0.1, -0.05) is 66.2 Å². The van der Waals surface area contributed by atoms with E-state index < -0.39 is 0 Å². The smallest absolute Gasteiger partial charge is 0.147 e. The molecule has 0 spiro atoms. The third-order valence-corrected chi connectivity index (χ3v) is 7.57. The minimum Gasteiger partial charge on any atom is -0.353 e. The number of rotatable bonds is 8. The number of Topliss-reactive ketones (excluding diaryl/α,β-unsaturated/α-hetero) is 1. The van der Waals surface area contributed by atoms with E-state index in [1.54, 1.807) is 0 Å². The summed E-state index contributed by atoms with van der Waals surface area (Å²) < 4.78 is 0. The molecule has 3 heterocycles. The zero-order valence-electron chi connectivity index (χ0n) is 22.8. The molecular weight excluding hydrogens is 494 g/mol. The number of anilines is 1. The van der Waals surface area contributed by atoms with Crippen molar-refractivity contribution < 1.29 is 4.79 Å². The molecule has 0 bridgehead atoms. The first-order valence-electron chi connectivity index (χ1n) is 13.9. The Balaban J connectivity index is 1.10. The molecule has 6 heteroatoms. The highest BCUT2D eigenvalue weighted by atomic mass is 16.1. The molecule has 0 amide bonds. The number of carbonyl (C=O) groups excluding carboxylic acids is 1. The van der Waals surface area contributed by atoms with Crippen LogP contribution < -0.4 is 4.90 Å². The number of benzene rings is 3. The number of ketones is 1. The normalized spacial score (nSPS) is 14.0. The molecule has 0 aliphatic carbocycles. The maximum Gasteiger partial charge on any atom is 0.147 e. The summed E-state index contributed by atoms with van der Waals surface area (Å²) >= 11 is 0. The summed E-state index contributed by atoms with van der Waals surface area (Å²) in [6.45, 7) is 6.79. The number of carbonyl (C=O) groups is 1. The largest absolute Gasteiger partial charge is 0.353 e. The van der Waals surface area contributed by atoms with Crippen LogP contribution in [0.4, 0.5) is 5.82 Å². The van der Waals surface area contributed by atoms with Crippen molar-refractivity contribution in [1.82, 2.24) is 19.9 Å². The molecule has 0 unspecified atom stereocenters. The predicted molar refractivity (Wildman–Crippen MR) is 160 cm³/mol. The van der Waals surface area contributed by atoms with E-state index in [4.69, 9.17) is 9.97 Å². The number of fused-ring (bicyclic) bond motifs is 1. The van der Waals surface area contributed by atoms with E-state index in [1.807, 2.05) is 42.9 Å². The van der Waals surface area contributed by atoms with Crippen molar-refractivity contribution in [1.29, 1.82) is 0 Å². The molecular formula is C34H33N5O. The molecule has 6 rings (SSSR count). The van der Waals surface area contributed by atoms with Crippen LogP contribution >= 0.6 is 0 Å². The van der Waals surface area contributed by atoms with Crippen molar-refractivity contribution >= 4 is 22.6 Å². The van der Waals surface area contributed by atoms with Crippen LogP contribution in [-0.2, 0) is 24.2 Å². The molecule has 1 fully saturated rings. The summed E-state index contributed by atoms with van der Waals surface area (Å²) in [5.41, 5.74) is 8.53. The first-order chi connectivity index (χ1) is 19.6. The summed E-state index contributed by atoms with van der Waals surface area (Å²) in [7, 11) is 0. The van der Waals surface area contributed by atoms with Crippen molar-refractivity contribution in [3.63, 3.8) is 0 Å². The van der Waals surface area contributed by atoms with Crippen molar-refractivity contribution in [2.75, 3.05) is 31.1 Å².